The highest BCUT2D eigenvalue weighted by atomic mass is 35.5. The first-order valence-electron chi connectivity index (χ1n) is 4.37. The summed E-state index contributed by atoms with van der Waals surface area (Å²) in [7, 11) is 0. The van der Waals surface area contributed by atoms with Crippen LogP contribution >= 0.6 is 60.5 Å². The third-order valence-electron chi connectivity index (χ3n) is 1.82. The van der Waals surface area contributed by atoms with Crippen LogP contribution in [0.2, 0.25) is 5.02 Å². The molecular weight excluding hydrogens is 340 g/mol. The predicted octanol–water partition coefficient (Wildman–Crippen LogP) is 5.28. The zero-order valence-corrected chi connectivity index (χ0v) is 12.9. The molecule has 0 fully saturated rings. The van der Waals surface area contributed by atoms with Crippen molar-refractivity contribution in [3.05, 3.63) is 11.1 Å². The summed E-state index contributed by atoms with van der Waals surface area (Å²) in [5.41, 5.74) is 1.00. The monoisotopic (exact) mass is 340 g/mol. The predicted molar refractivity (Wildman–Crippen MR) is 90.2 cm³/mol. The van der Waals surface area contributed by atoms with Crippen molar-refractivity contribution >= 4 is 104 Å². The molecule has 0 unspecified atom stereocenters. The molecule has 0 aromatic heterocycles. The number of halogens is 1. The molecule has 9 heteroatoms. The summed E-state index contributed by atoms with van der Waals surface area (Å²) in [6, 6.07) is 1.47. The van der Waals surface area contributed by atoms with Gasteiger partial charge < -0.3 is 0 Å². The Kier molecular flexibility index (Phi) is 6.64. The Bertz CT molecular complexity index is 720. The summed E-state index contributed by atoms with van der Waals surface area (Å²) in [5.74, 6) is 0. The van der Waals surface area contributed by atoms with Crippen molar-refractivity contribution in [3.8, 4) is 0 Å². The average Bonchev–Trinajstić information content (AvgIpc) is 2.38. The quantitative estimate of drug-likeness (QED) is 0.553. The first-order chi connectivity index (χ1) is 9.19. The molecule has 0 amide bonds. The summed E-state index contributed by atoms with van der Waals surface area (Å²) in [4.78, 5) is 15.3. The van der Waals surface area contributed by atoms with Crippen LogP contribution in [0.4, 0.5) is 22.7 Å². The minimum atomic E-state index is 0.209. The Hall–Kier alpha value is -1.29. The van der Waals surface area contributed by atoms with Gasteiger partial charge in [-0.25, -0.2) is 0 Å². The minimum absolute atomic E-state index is 0.209. The smallest absolute Gasteiger partial charge is 0.131 e. The Morgan fingerprint density at radius 1 is 0.737 bits per heavy atom. The molecule has 0 aliphatic heterocycles. The molecule has 1 aromatic carbocycles. The largest absolute Gasteiger partial charge is 0.192 e. The number of aliphatic imine (C=N–C) groups is 4. The average molecular weight is 341 g/mol. The van der Waals surface area contributed by atoms with E-state index in [0.717, 1.165) is 0 Å². The van der Waals surface area contributed by atoms with E-state index in [-0.39, 0.29) is 22.1 Å². The van der Waals surface area contributed by atoms with Crippen molar-refractivity contribution in [3.63, 3.8) is 0 Å². The SMILES string of the molecule is S=C=Nc1cc(Cl)c(N=C=S)c(N=C=S)c1N=C=S. The molecule has 0 heterocycles. The van der Waals surface area contributed by atoms with Crippen molar-refractivity contribution < 1.29 is 0 Å². The van der Waals surface area contributed by atoms with Gasteiger partial charge in [-0.15, -0.1) is 0 Å². The van der Waals surface area contributed by atoms with E-state index in [1.165, 1.54) is 6.07 Å². The van der Waals surface area contributed by atoms with Gasteiger partial charge in [0.15, 0.2) is 0 Å². The highest BCUT2D eigenvalue weighted by molar-refractivity contribution is 7.78. The maximum Gasteiger partial charge on any atom is 0.131 e. The van der Waals surface area contributed by atoms with E-state index in [0.29, 0.717) is 5.69 Å². The maximum absolute atomic E-state index is 6.05. The fourth-order valence-electron chi connectivity index (χ4n) is 1.20. The summed E-state index contributed by atoms with van der Waals surface area (Å²) in [6.07, 6.45) is 0. The second-order valence-electron chi connectivity index (χ2n) is 2.74. The number of thiocarbonyl (C=S) groups is 4. The van der Waals surface area contributed by atoms with Gasteiger partial charge in [0.2, 0.25) is 0 Å². The van der Waals surface area contributed by atoms with Crippen molar-refractivity contribution in [2.24, 2.45) is 20.0 Å². The number of benzene rings is 1. The van der Waals surface area contributed by atoms with Gasteiger partial charge in [-0.1, -0.05) is 11.6 Å². The van der Waals surface area contributed by atoms with Crippen LogP contribution in [0.3, 0.4) is 0 Å². The van der Waals surface area contributed by atoms with Gasteiger partial charge in [-0.3, -0.25) is 0 Å². The Labute approximate surface area is 134 Å². The molecule has 0 spiro atoms. The van der Waals surface area contributed by atoms with E-state index in [1.54, 1.807) is 0 Å². The number of hydrogen-bond donors (Lipinski definition) is 0. The Morgan fingerprint density at radius 3 is 1.74 bits per heavy atom. The molecule has 19 heavy (non-hydrogen) atoms. The van der Waals surface area contributed by atoms with Crippen LogP contribution in [0.15, 0.2) is 26.0 Å². The summed E-state index contributed by atoms with van der Waals surface area (Å²) < 4.78 is 0. The molecule has 4 nitrogen and oxygen atoms in total. The van der Waals surface area contributed by atoms with E-state index in [4.69, 9.17) is 11.6 Å². The van der Waals surface area contributed by atoms with Gasteiger partial charge in [0.1, 0.15) is 22.7 Å². The van der Waals surface area contributed by atoms with Crippen LogP contribution < -0.4 is 0 Å². The zero-order valence-electron chi connectivity index (χ0n) is 8.88. The molecule has 0 saturated heterocycles. The number of isothiocyanates is 4. The lowest BCUT2D eigenvalue weighted by Gasteiger charge is -2.06. The second kappa shape index (κ2) is 8.00. The van der Waals surface area contributed by atoms with Gasteiger partial charge in [0, 0.05) is 0 Å². The molecule has 92 valence electrons. The lowest BCUT2D eigenvalue weighted by atomic mass is 10.2. The summed E-state index contributed by atoms with van der Waals surface area (Å²) in [6.45, 7) is 0. The van der Waals surface area contributed by atoms with E-state index in [9.17, 15) is 0 Å². The Balaban J connectivity index is 3.94. The van der Waals surface area contributed by atoms with Gasteiger partial charge in [-0.05, 0) is 54.9 Å². The molecule has 0 radical (unpaired) electrons. The minimum Gasteiger partial charge on any atom is -0.192 e. The van der Waals surface area contributed by atoms with Crippen molar-refractivity contribution in [2.75, 3.05) is 0 Å². The van der Waals surface area contributed by atoms with Gasteiger partial charge in [0.25, 0.3) is 0 Å². The van der Waals surface area contributed by atoms with E-state index in [1.807, 2.05) is 0 Å². The first kappa shape index (κ1) is 15.8. The zero-order chi connectivity index (χ0) is 14.3. The van der Waals surface area contributed by atoms with Crippen LogP contribution in [-0.2, 0) is 0 Å². The van der Waals surface area contributed by atoms with Gasteiger partial charge in [-0.2, -0.15) is 20.0 Å². The van der Waals surface area contributed by atoms with Crippen LogP contribution in [0.25, 0.3) is 0 Å². The van der Waals surface area contributed by atoms with E-state index in [2.05, 4.69) is 89.5 Å². The van der Waals surface area contributed by atoms with Crippen LogP contribution in [-0.4, -0.2) is 20.6 Å². The lowest BCUT2D eigenvalue weighted by molar-refractivity contribution is 1.41. The second-order valence-corrected chi connectivity index (χ2v) is 3.87. The number of rotatable bonds is 4. The van der Waals surface area contributed by atoms with Gasteiger partial charge >= 0.3 is 0 Å². The van der Waals surface area contributed by atoms with Crippen LogP contribution in [0.5, 0.6) is 0 Å². The molecule has 0 atom stereocenters. The molecule has 0 aliphatic rings. The van der Waals surface area contributed by atoms with Crippen molar-refractivity contribution in [1.29, 1.82) is 0 Å². The first-order valence-corrected chi connectivity index (χ1v) is 6.38. The standard InChI is InChI=1S/C10HClN4S4/c11-6-1-7(12-2-16)9(14-4-18)10(15-5-19)8(6)13-3-17/h1H. The number of hydrogen-bond acceptors (Lipinski definition) is 8. The normalized spacial score (nSPS) is 8.26. The molecule has 0 saturated carbocycles. The molecule has 0 aliphatic carbocycles. The van der Waals surface area contributed by atoms with E-state index >= 15 is 0 Å². The van der Waals surface area contributed by atoms with Crippen LogP contribution in [0.1, 0.15) is 0 Å². The molecule has 0 N–H and O–H groups in total. The summed E-state index contributed by atoms with van der Waals surface area (Å²) in [5, 5.41) is 9.03. The van der Waals surface area contributed by atoms with Gasteiger partial charge in [0.05, 0.1) is 25.7 Å². The molecular formula is C10HClN4S4. The maximum atomic E-state index is 6.05. The topological polar surface area (TPSA) is 49.4 Å². The summed E-state index contributed by atoms with van der Waals surface area (Å²) >= 11 is 24.3. The fourth-order valence-corrected chi connectivity index (χ4v) is 1.80. The highest BCUT2D eigenvalue weighted by Gasteiger charge is 2.16. The molecule has 0 bridgehead atoms. The highest BCUT2D eigenvalue weighted by Crippen LogP contribution is 2.48. The van der Waals surface area contributed by atoms with E-state index < -0.39 is 0 Å². The molecule has 1 rings (SSSR count). The lowest BCUT2D eigenvalue weighted by Crippen LogP contribution is -1.76. The third kappa shape index (κ3) is 3.83. The molecule has 1 aromatic rings. The fraction of sp³-hybridized carbons (Fsp3) is 0. The van der Waals surface area contributed by atoms with Crippen molar-refractivity contribution in [1.82, 2.24) is 0 Å². The Morgan fingerprint density at radius 2 is 1.21 bits per heavy atom. The van der Waals surface area contributed by atoms with Crippen LogP contribution in [0, 0.1) is 0 Å². The van der Waals surface area contributed by atoms with Crippen molar-refractivity contribution in [2.45, 2.75) is 0 Å². The third-order valence-corrected chi connectivity index (χ3v) is 2.47. The number of nitrogens with zero attached hydrogens (tertiary/aromatic N) is 4.